The molecule has 1 atom stereocenters. The van der Waals surface area contributed by atoms with Gasteiger partial charge in [0.1, 0.15) is 0 Å². The lowest BCUT2D eigenvalue weighted by Gasteiger charge is -2.18. The van der Waals surface area contributed by atoms with Crippen molar-refractivity contribution in [3.8, 4) is 5.75 Å². The van der Waals surface area contributed by atoms with Crippen LogP contribution in [0.1, 0.15) is 17.2 Å². The molecule has 2 heterocycles. The number of para-hydroxylation sites is 3. The van der Waals surface area contributed by atoms with Crippen molar-refractivity contribution in [3.05, 3.63) is 66.0 Å². The molecule has 1 unspecified atom stereocenters. The molecule has 0 saturated heterocycles. The first kappa shape index (κ1) is 11.1. The fourth-order valence-electron chi connectivity index (χ4n) is 2.41. The van der Waals surface area contributed by atoms with E-state index in [0.29, 0.717) is 0 Å². The molecule has 4 nitrogen and oxygen atoms in total. The Hall–Kier alpha value is -2.75. The minimum atomic E-state index is -0.0166. The van der Waals surface area contributed by atoms with Crippen molar-refractivity contribution < 1.29 is 4.84 Å². The number of oxime groups is 1. The Balaban J connectivity index is 1.86. The predicted molar refractivity (Wildman–Crippen MR) is 76.9 cm³/mol. The highest BCUT2D eigenvalue weighted by molar-refractivity contribution is 5.78. The normalized spacial score (nSPS) is 16.7. The van der Waals surface area contributed by atoms with Gasteiger partial charge >= 0.3 is 0 Å². The van der Waals surface area contributed by atoms with Crippen LogP contribution in [-0.4, -0.2) is 16.2 Å². The van der Waals surface area contributed by atoms with Gasteiger partial charge in [0.25, 0.3) is 0 Å². The molecular weight excluding hydrogens is 250 g/mol. The number of nitrogens with zero attached hydrogens (tertiary/aromatic N) is 3. The fourth-order valence-corrected chi connectivity index (χ4v) is 2.41. The zero-order valence-electron chi connectivity index (χ0n) is 10.6. The van der Waals surface area contributed by atoms with Crippen LogP contribution in [-0.2, 0) is 0 Å². The summed E-state index contributed by atoms with van der Waals surface area (Å²) in [5, 5.41) is 3.96. The van der Waals surface area contributed by atoms with Gasteiger partial charge in [-0.05, 0) is 18.2 Å². The summed E-state index contributed by atoms with van der Waals surface area (Å²) < 4.78 is 0. The smallest absolute Gasteiger partial charge is 0.162 e. The molecule has 0 spiro atoms. The number of benzene rings is 2. The molecule has 0 bridgehead atoms. The Kier molecular flexibility index (Phi) is 2.45. The van der Waals surface area contributed by atoms with E-state index in [1.165, 1.54) is 0 Å². The molecule has 1 aliphatic heterocycles. The van der Waals surface area contributed by atoms with Crippen molar-refractivity contribution >= 4 is 17.2 Å². The zero-order chi connectivity index (χ0) is 13.4. The number of fused-ring (bicyclic) bond motifs is 2. The number of hydrogen-bond donors (Lipinski definition) is 0. The summed E-state index contributed by atoms with van der Waals surface area (Å²) in [6, 6.07) is 15.7. The molecule has 0 fully saturated rings. The molecule has 0 aliphatic carbocycles. The zero-order valence-corrected chi connectivity index (χ0v) is 10.6. The first-order valence-corrected chi connectivity index (χ1v) is 6.43. The number of rotatable bonds is 1. The average molecular weight is 261 g/mol. The standard InChI is InChI=1S/C16H11N3O/c1-4-8-16-11(5-1)12(9-18-20-16)15-10-17-13-6-2-3-7-14(13)19-15/h1-10,12H. The van der Waals surface area contributed by atoms with E-state index in [1.54, 1.807) is 12.4 Å². The molecule has 20 heavy (non-hydrogen) atoms. The molecule has 1 aliphatic rings. The van der Waals surface area contributed by atoms with Crippen LogP contribution in [0.25, 0.3) is 11.0 Å². The Morgan fingerprint density at radius 1 is 0.900 bits per heavy atom. The monoisotopic (exact) mass is 261 g/mol. The van der Waals surface area contributed by atoms with E-state index in [-0.39, 0.29) is 5.92 Å². The first-order chi connectivity index (χ1) is 9.92. The second-order valence-electron chi connectivity index (χ2n) is 4.64. The molecule has 4 rings (SSSR count). The summed E-state index contributed by atoms with van der Waals surface area (Å²) >= 11 is 0. The van der Waals surface area contributed by atoms with Gasteiger partial charge in [0.15, 0.2) is 5.75 Å². The summed E-state index contributed by atoms with van der Waals surface area (Å²) in [7, 11) is 0. The van der Waals surface area contributed by atoms with Gasteiger partial charge in [0.2, 0.25) is 0 Å². The van der Waals surface area contributed by atoms with E-state index >= 15 is 0 Å². The maximum absolute atomic E-state index is 5.28. The third-order valence-electron chi connectivity index (χ3n) is 3.40. The minimum absolute atomic E-state index is 0.0166. The van der Waals surface area contributed by atoms with E-state index in [2.05, 4.69) is 15.1 Å². The highest BCUT2D eigenvalue weighted by atomic mass is 16.6. The summed E-state index contributed by atoms with van der Waals surface area (Å²) in [4.78, 5) is 14.4. The summed E-state index contributed by atoms with van der Waals surface area (Å²) in [6.45, 7) is 0. The van der Waals surface area contributed by atoms with Gasteiger partial charge < -0.3 is 4.84 Å². The van der Waals surface area contributed by atoms with Crippen LogP contribution in [0.3, 0.4) is 0 Å². The Bertz CT molecular complexity index is 813. The summed E-state index contributed by atoms with van der Waals surface area (Å²) in [6.07, 6.45) is 3.57. The summed E-state index contributed by atoms with van der Waals surface area (Å²) in [5.74, 6) is 0.756. The van der Waals surface area contributed by atoms with Gasteiger partial charge in [-0.3, -0.25) is 4.98 Å². The molecule has 0 amide bonds. The third kappa shape index (κ3) is 1.73. The lowest BCUT2D eigenvalue weighted by Crippen LogP contribution is -2.11. The molecule has 3 aromatic rings. The van der Waals surface area contributed by atoms with E-state index in [4.69, 9.17) is 4.84 Å². The first-order valence-electron chi connectivity index (χ1n) is 6.43. The molecule has 0 radical (unpaired) electrons. The van der Waals surface area contributed by atoms with Gasteiger partial charge in [0, 0.05) is 5.56 Å². The average Bonchev–Trinajstić information content (AvgIpc) is 2.54. The van der Waals surface area contributed by atoms with E-state index in [0.717, 1.165) is 28.0 Å². The molecule has 96 valence electrons. The lowest BCUT2D eigenvalue weighted by atomic mass is 9.95. The summed E-state index contributed by atoms with van der Waals surface area (Å²) in [5.41, 5.74) is 3.73. The maximum Gasteiger partial charge on any atom is 0.162 e. The van der Waals surface area contributed by atoms with Crippen molar-refractivity contribution in [3.63, 3.8) is 0 Å². The highest BCUT2D eigenvalue weighted by Crippen LogP contribution is 2.32. The second-order valence-corrected chi connectivity index (χ2v) is 4.64. The lowest BCUT2D eigenvalue weighted by molar-refractivity contribution is 0.331. The van der Waals surface area contributed by atoms with Crippen molar-refractivity contribution in [2.75, 3.05) is 0 Å². The van der Waals surface area contributed by atoms with Crippen LogP contribution in [0.2, 0.25) is 0 Å². The van der Waals surface area contributed by atoms with Crippen molar-refractivity contribution in [2.24, 2.45) is 5.16 Å². The number of hydrogen-bond acceptors (Lipinski definition) is 4. The quantitative estimate of drug-likeness (QED) is 0.676. The highest BCUT2D eigenvalue weighted by Gasteiger charge is 2.22. The van der Waals surface area contributed by atoms with E-state index in [1.807, 2.05) is 48.5 Å². The SMILES string of the molecule is C1=NOc2ccccc2C1c1cnc2ccccc2n1. The van der Waals surface area contributed by atoms with Gasteiger partial charge in [-0.25, -0.2) is 4.98 Å². The third-order valence-corrected chi connectivity index (χ3v) is 3.40. The van der Waals surface area contributed by atoms with Crippen molar-refractivity contribution in [1.29, 1.82) is 0 Å². The predicted octanol–water partition coefficient (Wildman–Crippen LogP) is 3.14. The van der Waals surface area contributed by atoms with E-state index < -0.39 is 0 Å². The molecule has 4 heteroatoms. The fraction of sp³-hybridized carbons (Fsp3) is 0.0625. The van der Waals surface area contributed by atoms with Crippen LogP contribution < -0.4 is 4.84 Å². The molecular formula is C16H11N3O. The second kappa shape index (κ2) is 4.42. The van der Waals surface area contributed by atoms with Gasteiger partial charge in [-0.1, -0.05) is 35.5 Å². The van der Waals surface area contributed by atoms with Crippen LogP contribution >= 0.6 is 0 Å². The molecule has 2 aromatic carbocycles. The van der Waals surface area contributed by atoms with Gasteiger partial charge in [-0.2, -0.15) is 0 Å². The van der Waals surface area contributed by atoms with Crippen molar-refractivity contribution in [1.82, 2.24) is 9.97 Å². The van der Waals surface area contributed by atoms with Crippen LogP contribution in [0, 0.1) is 0 Å². The Labute approximate surface area is 115 Å². The Morgan fingerprint density at radius 2 is 1.70 bits per heavy atom. The Morgan fingerprint density at radius 3 is 2.65 bits per heavy atom. The molecule has 0 saturated carbocycles. The minimum Gasteiger partial charge on any atom is -0.357 e. The van der Waals surface area contributed by atoms with Crippen LogP contribution in [0.4, 0.5) is 0 Å². The van der Waals surface area contributed by atoms with Crippen LogP contribution in [0.15, 0.2) is 59.9 Å². The van der Waals surface area contributed by atoms with E-state index in [9.17, 15) is 0 Å². The van der Waals surface area contributed by atoms with Crippen molar-refractivity contribution in [2.45, 2.75) is 5.92 Å². The number of aromatic nitrogens is 2. The van der Waals surface area contributed by atoms with Gasteiger partial charge in [0.05, 0.1) is 35.1 Å². The largest absolute Gasteiger partial charge is 0.357 e. The maximum atomic E-state index is 5.28. The molecule has 1 aromatic heterocycles. The van der Waals surface area contributed by atoms with Crippen LogP contribution in [0.5, 0.6) is 5.75 Å². The molecule has 0 N–H and O–H groups in total. The van der Waals surface area contributed by atoms with Gasteiger partial charge in [-0.15, -0.1) is 0 Å². The topological polar surface area (TPSA) is 47.4 Å².